The van der Waals surface area contributed by atoms with Gasteiger partial charge in [0, 0.05) is 6.54 Å². The molecule has 2 rings (SSSR count). The van der Waals surface area contributed by atoms with Crippen molar-refractivity contribution in [2.75, 3.05) is 20.1 Å². The molecule has 1 heterocycles. The van der Waals surface area contributed by atoms with Crippen molar-refractivity contribution in [1.29, 1.82) is 0 Å². The van der Waals surface area contributed by atoms with Gasteiger partial charge in [-0.25, -0.2) is 0 Å². The van der Waals surface area contributed by atoms with Crippen molar-refractivity contribution in [3.63, 3.8) is 0 Å². The normalized spacial score (nSPS) is 35.6. The Morgan fingerprint density at radius 1 is 0.938 bits per heavy atom. The van der Waals surface area contributed by atoms with E-state index in [1.54, 1.807) is 0 Å². The lowest BCUT2D eigenvalue weighted by atomic mass is 9.77. The molecule has 2 aliphatic rings. The first-order chi connectivity index (χ1) is 7.71. The fourth-order valence-corrected chi connectivity index (χ4v) is 3.50. The average molecular weight is 225 g/mol. The molecule has 1 saturated heterocycles. The molecule has 2 heteroatoms. The molecule has 1 unspecified atom stereocenters. The monoisotopic (exact) mass is 225 g/mol. The Morgan fingerprint density at radius 2 is 1.62 bits per heavy atom. The molecule has 0 aromatic heterocycles. The van der Waals surface area contributed by atoms with Crippen molar-refractivity contribution in [3.05, 3.63) is 0 Å². The molecule has 1 aliphatic carbocycles. The molecule has 0 aromatic rings. The van der Waals surface area contributed by atoms with Gasteiger partial charge in [-0.2, -0.15) is 0 Å². The van der Waals surface area contributed by atoms with E-state index in [0.717, 1.165) is 25.9 Å². The van der Waals surface area contributed by atoms with Crippen molar-refractivity contribution < 1.29 is 5.11 Å². The third kappa shape index (κ3) is 2.98. The lowest BCUT2D eigenvalue weighted by Crippen LogP contribution is -2.38. The molecule has 0 bridgehead atoms. The van der Waals surface area contributed by atoms with E-state index in [4.69, 9.17) is 0 Å². The molecule has 0 aromatic carbocycles. The second-order valence-corrected chi connectivity index (χ2v) is 5.95. The maximum atomic E-state index is 10.9. The number of hydrogen-bond acceptors (Lipinski definition) is 2. The third-order valence-electron chi connectivity index (χ3n) is 4.69. The van der Waals surface area contributed by atoms with Crippen molar-refractivity contribution in [3.8, 4) is 0 Å². The zero-order valence-corrected chi connectivity index (χ0v) is 10.7. The minimum atomic E-state index is -0.338. The smallest absolute Gasteiger partial charge is 0.0688 e. The van der Waals surface area contributed by atoms with Gasteiger partial charge in [-0.15, -0.1) is 0 Å². The van der Waals surface area contributed by atoms with Crippen LogP contribution in [-0.2, 0) is 0 Å². The molecule has 1 aliphatic heterocycles. The SMILES string of the molecule is CN1CCCC(O)(C2CCCCCC2)CC1. The molecule has 16 heavy (non-hydrogen) atoms. The van der Waals surface area contributed by atoms with Crippen LogP contribution in [0.2, 0.25) is 0 Å². The highest BCUT2D eigenvalue weighted by atomic mass is 16.3. The van der Waals surface area contributed by atoms with Crippen LogP contribution in [0.1, 0.15) is 57.8 Å². The summed E-state index contributed by atoms with van der Waals surface area (Å²) < 4.78 is 0. The Balaban J connectivity index is 1.98. The maximum Gasteiger partial charge on any atom is 0.0688 e. The summed E-state index contributed by atoms with van der Waals surface area (Å²) >= 11 is 0. The summed E-state index contributed by atoms with van der Waals surface area (Å²) in [5.74, 6) is 0.585. The van der Waals surface area contributed by atoms with E-state index in [0.29, 0.717) is 5.92 Å². The predicted octanol–water partition coefficient (Wildman–Crippen LogP) is 2.80. The molecule has 1 saturated carbocycles. The van der Waals surface area contributed by atoms with E-state index in [1.165, 1.54) is 44.9 Å². The van der Waals surface area contributed by atoms with Gasteiger partial charge >= 0.3 is 0 Å². The van der Waals surface area contributed by atoms with Crippen LogP contribution in [-0.4, -0.2) is 35.7 Å². The molecule has 0 amide bonds. The van der Waals surface area contributed by atoms with Gasteiger partial charge in [0.1, 0.15) is 0 Å². The van der Waals surface area contributed by atoms with Crippen LogP contribution in [0.4, 0.5) is 0 Å². The summed E-state index contributed by atoms with van der Waals surface area (Å²) in [7, 11) is 2.18. The zero-order valence-electron chi connectivity index (χ0n) is 10.7. The minimum absolute atomic E-state index is 0.338. The summed E-state index contributed by atoms with van der Waals surface area (Å²) in [6.45, 7) is 2.24. The zero-order chi connectivity index (χ0) is 11.4. The van der Waals surface area contributed by atoms with Crippen molar-refractivity contribution >= 4 is 0 Å². The Labute approximate surface area is 100 Å². The van der Waals surface area contributed by atoms with E-state index in [1.807, 2.05) is 0 Å². The average Bonchev–Trinajstić information content (AvgIpc) is 2.62. The topological polar surface area (TPSA) is 23.5 Å². The number of aliphatic hydroxyl groups is 1. The molecule has 2 fully saturated rings. The fraction of sp³-hybridized carbons (Fsp3) is 1.00. The Kier molecular flexibility index (Phi) is 4.26. The molecule has 1 atom stereocenters. The number of nitrogens with zero attached hydrogens (tertiary/aromatic N) is 1. The first-order valence-corrected chi connectivity index (χ1v) is 7.12. The Hall–Kier alpha value is -0.0800. The number of hydrogen-bond donors (Lipinski definition) is 1. The van der Waals surface area contributed by atoms with Crippen LogP contribution in [0, 0.1) is 5.92 Å². The molecular formula is C14H27NO. The molecule has 0 radical (unpaired) electrons. The summed E-state index contributed by atoms with van der Waals surface area (Å²) in [6, 6.07) is 0. The highest BCUT2D eigenvalue weighted by molar-refractivity contribution is 4.90. The van der Waals surface area contributed by atoms with Crippen LogP contribution >= 0.6 is 0 Å². The first-order valence-electron chi connectivity index (χ1n) is 7.12. The van der Waals surface area contributed by atoms with Crippen molar-refractivity contribution in [2.45, 2.75) is 63.4 Å². The predicted molar refractivity (Wildman–Crippen MR) is 67.5 cm³/mol. The van der Waals surface area contributed by atoms with Crippen LogP contribution in [0.25, 0.3) is 0 Å². The van der Waals surface area contributed by atoms with E-state index in [9.17, 15) is 5.11 Å². The van der Waals surface area contributed by atoms with Crippen LogP contribution in [0.3, 0.4) is 0 Å². The van der Waals surface area contributed by atoms with E-state index in [2.05, 4.69) is 11.9 Å². The summed E-state index contributed by atoms with van der Waals surface area (Å²) in [5.41, 5.74) is -0.338. The molecule has 94 valence electrons. The maximum absolute atomic E-state index is 10.9. The third-order valence-corrected chi connectivity index (χ3v) is 4.69. The fourth-order valence-electron chi connectivity index (χ4n) is 3.50. The van der Waals surface area contributed by atoms with Gasteiger partial charge in [-0.05, 0) is 51.6 Å². The highest BCUT2D eigenvalue weighted by Crippen LogP contribution is 2.37. The van der Waals surface area contributed by atoms with E-state index < -0.39 is 0 Å². The highest BCUT2D eigenvalue weighted by Gasteiger charge is 2.37. The van der Waals surface area contributed by atoms with Crippen molar-refractivity contribution in [1.82, 2.24) is 4.90 Å². The van der Waals surface area contributed by atoms with Crippen LogP contribution in [0.5, 0.6) is 0 Å². The summed E-state index contributed by atoms with van der Waals surface area (Å²) in [5, 5.41) is 10.9. The minimum Gasteiger partial charge on any atom is -0.390 e. The summed E-state index contributed by atoms with van der Waals surface area (Å²) in [6.07, 6.45) is 11.2. The quantitative estimate of drug-likeness (QED) is 0.694. The van der Waals surface area contributed by atoms with E-state index >= 15 is 0 Å². The lowest BCUT2D eigenvalue weighted by Gasteiger charge is -2.35. The number of rotatable bonds is 1. The largest absolute Gasteiger partial charge is 0.390 e. The van der Waals surface area contributed by atoms with E-state index in [-0.39, 0.29) is 5.60 Å². The second-order valence-electron chi connectivity index (χ2n) is 5.95. The molecule has 1 N–H and O–H groups in total. The molecular weight excluding hydrogens is 198 g/mol. The van der Waals surface area contributed by atoms with Crippen LogP contribution < -0.4 is 0 Å². The summed E-state index contributed by atoms with van der Waals surface area (Å²) in [4.78, 5) is 2.37. The lowest BCUT2D eigenvalue weighted by molar-refractivity contribution is -0.0365. The van der Waals surface area contributed by atoms with Gasteiger partial charge in [-0.1, -0.05) is 25.7 Å². The van der Waals surface area contributed by atoms with Crippen LogP contribution in [0.15, 0.2) is 0 Å². The molecule has 0 spiro atoms. The number of likely N-dealkylation sites (tertiary alicyclic amines) is 1. The molecule has 2 nitrogen and oxygen atoms in total. The standard InChI is InChI=1S/C14H27NO/c1-15-11-6-9-14(16,10-12-15)13-7-4-2-3-5-8-13/h13,16H,2-12H2,1H3. The first kappa shape index (κ1) is 12.4. The van der Waals surface area contributed by atoms with Gasteiger partial charge in [-0.3, -0.25) is 0 Å². The van der Waals surface area contributed by atoms with Gasteiger partial charge in [0.2, 0.25) is 0 Å². The van der Waals surface area contributed by atoms with Gasteiger partial charge in [0.05, 0.1) is 5.60 Å². The van der Waals surface area contributed by atoms with Gasteiger partial charge < -0.3 is 10.0 Å². The van der Waals surface area contributed by atoms with Gasteiger partial charge in [0.25, 0.3) is 0 Å². The Morgan fingerprint density at radius 3 is 2.31 bits per heavy atom. The van der Waals surface area contributed by atoms with Crippen molar-refractivity contribution in [2.24, 2.45) is 5.92 Å². The second kappa shape index (κ2) is 5.50. The van der Waals surface area contributed by atoms with Gasteiger partial charge in [0.15, 0.2) is 0 Å². The Bertz CT molecular complexity index is 211.